The third-order valence-electron chi connectivity index (χ3n) is 4.88. The molecule has 70 valence electrons. The highest BCUT2D eigenvalue weighted by Crippen LogP contribution is 2.67. The Morgan fingerprint density at radius 3 is 2.33 bits per heavy atom. The molecule has 12 heavy (non-hydrogen) atoms. The molecule has 3 aliphatic rings. The first-order chi connectivity index (χ1) is 5.73. The highest BCUT2D eigenvalue weighted by atomic mass is 14.6. The van der Waals surface area contributed by atoms with Crippen LogP contribution in [0.25, 0.3) is 0 Å². The molecule has 3 rings (SSSR count). The molecule has 0 nitrogen and oxygen atoms in total. The normalized spacial score (nSPS) is 50.8. The second-order valence-electron chi connectivity index (χ2n) is 5.13. The molecule has 2 unspecified atom stereocenters. The minimum Gasteiger partial charge on any atom is -0.0654 e. The van der Waals surface area contributed by atoms with Crippen LogP contribution in [0.5, 0.6) is 0 Å². The molecule has 0 aliphatic heterocycles. The zero-order valence-corrected chi connectivity index (χ0v) is 8.77. The van der Waals surface area contributed by atoms with E-state index in [2.05, 4.69) is 20.8 Å². The lowest BCUT2D eigenvalue weighted by molar-refractivity contribution is 0.106. The van der Waals surface area contributed by atoms with Gasteiger partial charge >= 0.3 is 0 Å². The van der Waals surface area contributed by atoms with E-state index >= 15 is 0 Å². The van der Waals surface area contributed by atoms with Crippen LogP contribution < -0.4 is 0 Å². The van der Waals surface area contributed by atoms with Crippen molar-refractivity contribution in [2.24, 2.45) is 23.2 Å². The van der Waals surface area contributed by atoms with Crippen molar-refractivity contribution >= 4 is 0 Å². The van der Waals surface area contributed by atoms with E-state index in [9.17, 15) is 0 Å². The van der Waals surface area contributed by atoms with Gasteiger partial charge in [-0.15, -0.1) is 0 Å². The molecule has 0 aromatic rings. The van der Waals surface area contributed by atoms with Gasteiger partial charge in [-0.05, 0) is 36.0 Å². The summed E-state index contributed by atoms with van der Waals surface area (Å²) in [7, 11) is 0. The third kappa shape index (κ3) is 0.900. The molecule has 2 bridgehead atoms. The molecule has 2 atom stereocenters. The van der Waals surface area contributed by atoms with Crippen molar-refractivity contribution in [2.45, 2.75) is 52.9 Å². The Morgan fingerprint density at radius 2 is 1.92 bits per heavy atom. The molecule has 0 heterocycles. The zero-order chi connectivity index (χ0) is 8.77. The van der Waals surface area contributed by atoms with Gasteiger partial charge in [0.2, 0.25) is 0 Å². The minimum atomic E-state index is 0.810. The highest BCUT2D eigenvalue weighted by Gasteiger charge is 2.58. The van der Waals surface area contributed by atoms with Crippen LogP contribution in [0.1, 0.15) is 52.9 Å². The van der Waals surface area contributed by atoms with E-state index in [0.717, 1.165) is 23.2 Å². The summed E-state index contributed by atoms with van der Waals surface area (Å²) in [5.41, 5.74) is 0.810. The summed E-state index contributed by atoms with van der Waals surface area (Å²) < 4.78 is 0. The topological polar surface area (TPSA) is 0 Å². The van der Waals surface area contributed by atoms with E-state index < -0.39 is 0 Å². The molecule has 0 saturated heterocycles. The summed E-state index contributed by atoms with van der Waals surface area (Å²) in [5.74, 6) is 3.25. The smallest absolute Gasteiger partial charge is 0.0266 e. The van der Waals surface area contributed by atoms with Gasteiger partial charge in [-0.2, -0.15) is 0 Å². The van der Waals surface area contributed by atoms with Crippen LogP contribution in [0.4, 0.5) is 0 Å². The van der Waals surface area contributed by atoms with Gasteiger partial charge in [0.1, 0.15) is 0 Å². The Balaban J connectivity index is 2.04. The van der Waals surface area contributed by atoms with Crippen LogP contribution >= 0.6 is 0 Å². The SMILES string of the molecule is CCCC1C2CC(CC)(C2)C1C. The Labute approximate surface area is 76.7 Å². The number of fused-ring (bicyclic) bond motifs is 1. The molecule has 0 aromatic carbocycles. The van der Waals surface area contributed by atoms with Gasteiger partial charge in [-0.1, -0.05) is 40.0 Å². The largest absolute Gasteiger partial charge is 0.0654 e. The Morgan fingerprint density at radius 1 is 1.25 bits per heavy atom. The Kier molecular flexibility index (Phi) is 1.97. The predicted octanol–water partition coefficient (Wildman–Crippen LogP) is 3.86. The number of hydrogen-bond acceptors (Lipinski definition) is 0. The van der Waals surface area contributed by atoms with Crippen LogP contribution in [0, 0.1) is 23.2 Å². The van der Waals surface area contributed by atoms with Crippen molar-refractivity contribution in [1.82, 2.24) is 0 Å². The molecule has 0 aromatic heterocycles. The van der Waals surface area contributed by atoms with Crippen LogP contribution in [0.15, 0.2) is 0 Å². The van der Waals surface area contributed by atoms with Gasteiger partial charge < -0.3 is 0 Å². The van der Waals surface area contributed by atoms with Gasteiger partial charge in [-0.25, -0.2) is 0 Å². The number of hydrogen-bond donors (Lipinski definition) is 0. The summed E-state index contributed by atoms with van der Waals surface area (Å²) in [5, 5.41) is 0. The molecular formula is C12H22. The van der Waals surface area contributed by atoms with Crippen molar-refractivity contribution in [3.63, 3.8) is 0 Å². The number of rotatable bonds is 3. The van der Waals surface area contributed by atoms with Crippen molar-refractivity contribution in [1.29, 1.82) is 0 Å². The molecule has 3 aliphatic carbocycles. The van der Waals surface area contributed by atoms with E-state index in [-0.39, 0.29) is 0 Å². The first kappa shape index (κ1) is 8.59. The maximum absolute atomic E-state index is 2.51. The summed E-state index contributed by atoms with van der Waals surface area (Å²) in [6.07, 6.45) is 7.45. The third-order valence-corrected chi connectivity index (χ3v) is 4.88. The van der Waals surface area contributed by atoms with E-state index in [0.29, 0.717) is 0 Å². The van der Waals surface area contributed by atoms with Crippen molar-refractivity contribution in [2.75, 3.05) is 0 Å². The van der Waals surface area contributed by atoms with Crippen molar-refractivity contribution in [3.8, 4) is 0 Å². The first-order valence-corrected chi connectivity index (χ1v) is 5.73. The fourth-order valence-electron chi connectivity index (χ4n) is 3.95. The minimum absolute atomic E-state index is 0.810. The van der Waals surface area contributed by atoms with Crippen LogP contribution in [-0.4, -0.2) is 0 Å². The maximum Gasteiger partial charge on any atom is -0.0266 e. The average molecular weight is 166 g/mol. The van der Waals surface area contributed by atoms with Gasteiger partial charge in [0.05, 0.1) is 0 Å². The Bertz CT molecular complexity index is 165. The molecule has 0 spiro atoms. The zero-order valence-electron chi connectivity index (χ0n) is 8.77. The van der Waals surface area contributed by atoms with E-state index in [1.165, 1.54) is 19.3 Å². The summed E-state index contributed by atoms with van der Waals surface area (Å²) >= 11 is 0. The standard InChI is InChI=1S/C12H22/c1-4-6-11-9(3)12(5-2)7-10(11)8-12/h9-11H,4-8H2,1-3H3. The van der Waals surface area contributed by atoms with Crippen LogP contribution in [0.3, 0.4) is 0 Å². The lowest BCUT2D eigenvalue weighted by Crippen LogP contribution is -2.30. The molecule has 3 fully saturated rings. The second kappa shape index (κ2) is 2.75. The molecule has 0 radical (unpaired) electrons. The molecule has 0 heteroatoms. The predicted molar refractivity (Wildman–Crippen MR) is 53.0 cm³/mol. The fourth-order valence-corrected chi connectivity index (χ4v) is 3.95. The quantitative estimate of drug-likeness (QED) is 0.597. The fraction of sp³-hybridized carbons (Fsp3) is 1.00. The van der Waals surface area contributed by atoms with E-state index in [1.54, 1.807) is 12.8 Å². The second-order valence-corrected chi connectivity index (χ2v) is 5.13. The van der Waals surface area contributed by atoms with Gasteiger partial charge in [0.15, 0.2) is 0 Å². The average Bonchev–Trinajstić information content (AvgIpc) is 2.38. The van der Waals surface area contributed by atoms with E-state index in [4.69, 9.17) is 0 Å². The summed E-state index contributed by atoms with van der Waals surface area (Å²) in [4.78, 5) is 0. The molecule has 0 N–H and O–H groups in total. The van der Waals surface area contributed by atoms with Gasteiger partial charge in [-0.3, -0.25) is 0 Å². The lowest BCUT2D eigenvalue weighted by atomic mass is 9.65. The van der Waals surface area contributed by atoms with Gasteiger partial charge in [0.25, 0.3) is 0 Å². The summed E-state index contributed by atoms with van der Waals surface area (Å²) in [6, 6.07) is 0. The molecular weight excluding hydrogens is 144 g/mol. The molecule has 0 amide bonds. The monoisotopic (exact) mass is 166 g/mol. The van der Waals surface area contributed by atoms with Crippen molar-refractivity contribution in [3.05, 3.63) is 0 Å². The van der Waals surface area contributed by atoms with Gasteiger partial charge in [0, 0.05) is 0 Å². The van der Waals surface area contributed by atoms with Crippen LogP contribution in [-0.2, 0) is 0 Å². The molecule has 3 saturated carbocycles. The lowest BCUT2D eigenvalue weighted by Gasteiger charge is -2.40. The van der Waals surface area contributed by atoms with Crippen LogP contribution in [0.2, 0.25) is 0 Å². The first-order valence-electron chi connectivity index (χ1n) is 5.73. The summed E-state index contributed by atoms with van der Waals surface area (Å²) in [6.45, 7) is 7.24. The van der Waals surface area contributed by atoms with E-state index in [1.807, 2.05) is 0 Å². The van der Waals surface area contributed by atoms with Crippen molar-refractivity contribution < 1.29 is 0 Å². The Hall–Kier alpha value is 0. The highest BCUT2D eigenvalue weighted by molar-refractivity contribution is 5.08. The maximum atomic E-state index is 2.51.